The van der Waals surface area contributed by atoms with Crippen LogP contribution in [0.3, 0.4) is 0 Å². The molecule has 0 radical (unpaired) electrons. The summed E-state index contributed by atoms with van der Waals surface area (Å²) in [6, 6.07) is 0. The van der Waals surface area contributed by atoms with E-state index >= 15 is 0 Å². The van der Waals surface area contributed by atoms with Crippen molar-refractivity contribution in [3.05, 3.63) is 23.8 Å². The largest absolute Gasteiger partial charge is 0.371 e. The average molecular weight is 180 g/mol. The summed E-state index contributed by atoms with van der Waals surface area (Å²) in [6.45, 7) is 7.32. The zero-order valence-electron chi connectivity index (χ0n) is 8.97. The third-order valence-electron chi connectivity index (χ3n) is 2.38. The van der Waals surface area contributed by atoms with Gasteiger partial charge in [-0.2, -0.15) is 0 Å². The van der Waals surface area contributed by atoms with Crippen molar-refractivity contribution in [3.8, 4) is 0 Å². The zero-order valence-corrected chi connectivity index (χ0v) is 8.97. The maximum Gasteiger partial charge on any atom is 0.0837 e. The minimum Gasteiger partial charge on any atom is -0.371 e. The molecule has 0 aromatic heterocycles. The molecule has 1 aliphatic rings. The summed E-state index contributed by atoms with van der Waals surface area (Å²) in [6.07, 6.45) is 9.98. The maximum absolute atomic E-state index is 5.73. The molecule has 1 rings (SSSR count). The number of allylic oxidation sites excluding steroid dienone is 2. The third kappa shape index (κ3) is 3.77. The van der Waals surface area contributed by atoms with Crippen LogP contribution in [0.15, 0.2) is 23.8 Å². The van der Waals surface area contributed by atoms with E-state index in [9.17, 15) is 0 Å². The number of ether oxygens (including phenoxy) is 1. The lowest BCUT2D eigenvalue weighted by Crippen LogP contribution is -2.28. The van der Waals surface area contributed by atoms with Crippen molar-refractivity contribution in [2.45, 2.75) is 45.6 Å². The molecule has 0 spiro atoms. The van der Waals surface area contributed by atoms with Crippen LogP contribution in [0.1, 0.15) is 40.0 Å². The number of hydrogen-bond donors (Lipinski definition) is 0. The quantitative estimate of drug-likeness (QED) is 0.604. The predicted molar refractivity (Wildman–Crippen MR) is 56.8 cm³/mol. The van der Waals surface area contributed by atoms with E-state index in [0.29, 0.717) is 0 Å². The second-order valence-electron chi connectivity index (χ2n) is 4.17. The molecule has 0 N–H and O–H groups in total. The van der Waals surface area contributed by atoms with Gasteiger partial charge >= 0.3 is 0 Å². The molecule has 1 heterocycles. The van der Waals surface area contributed by atoms with Crippen LogP contribution in [0, 0.1) is 0 Å². The Labute approximate surface area is 81.5 Å². The smallest absolute Gasteiger partial charge is 0.0837 e. The Balaban J connectivity index is 2.38. The Kier molecular flexibility index (Phi) is 3.73. The SMILES string of the molecule is CC(C)=CCCC1(C)C=CCCO1. The van der Waals surface area contributed by atoms with Gasteiger partial charge in [0.15, 0.2) is 0 Å². The van der Waals surface area contributed by atoms with Gasteiger partial charge in [-0.15, -0.1) is 0 Å². The maximum atomic E-state index is 5.73. The van der Waals surface area contributed by atoms with Crippen LogP contribution < -0.4 is 0 Å². The molecule has 0 aromatic rings. The molecule has 0 saturated heterocycles. The van der Waals surface area contributed by atoms with Gasteiger partial charge in [-0.3, -0.25) is 0 Å². The van der Waals surface area contributed by atoms with Gasteiger partial charge in [0, 0.05) is 0 Å². The fourth-order valence-corrected chi connectivity index (χ4v) is 1.54. The molecule has 0 amide bonds. The summed E-state index contributed by atoms with van der Waals surface area (Å²) in [5.41, 5.74) is 1.38. The van der Waals surface area contributed by atoms with Crippen molar-refractivity contribution in [1.82, 2.24) is 0 Å². The molecule has 0 aromatic carbocycles. The molecule has 0 fully saturated rings. The van der Waals surface area contributed by atoms with Gasteiger partial charge < -0.3 is 4.74 Å². The lowest BCUT2D eigenvalue weighted by Gasteiger charge is -2.29. The Hall–Kier alpha value is -0.560. The van der Waals surface area contributed by atoms with E-state index in [4.69, 9.17) is 4.74 Å². The van der Waals surface area contributed by atoms with E-state index in [1.165, 1.54) is 5.57 Å². The topological polar surface area (TPSA) is 9.23 Å². The Morgan fingerprint density at radius 2 is 2.31 bits per heavy atom. The number of hydrogen-bond acceptors (Lipinski definition) is 1. The molecule has 1 atom stereocenters. The molecular formula is C12H20O. The molecule has 1 aliphatic heterocycles. The van der Waals surface area contributed by atoms with Crippen LogP contribution in [-0.4, -0.2) is 12.2 Å². The van der Waals surface area contributed by atoms with E-state index in [1.807, 2.05) is 0 Å². The van der Waals surface area contributed by atoms with Crippen molar-refractivity contribution in [3.63, 3.8) is 0 Å². The minimum absolute atomic E-state index is 0.00972. The lowest BCUT2D eigenvalue weighted by molar-refractivity contribution is -0.00539. The van der Waals surface area contributed by atoms with E-state index in [2.05, 4.69) is 39.0 Å². The highest BCUT2D eigenvalue weighted by molar-refractivity contribution is 5.04. The second kappa shape index (κ2) is 4.61. The standard InChI is InChI=1S/C12H20O/c1-11(2)7-6-9-12(3)8-4-5-10-13-12/h4,7-8H,5-6,9-10H2,1-3H3. The lowest BCUT2D eigenvalue weighted by atomic mass is 9.96. The predicted octanol–water partition coefficient (Wildman–Crippen LogP) is 3.47. The second-order valence-corrected chi connectivity index (χ2v) is 4.17. The summed E-state index contributed by atoms with van der Waals surface area (Å²) in [4.78, 5) is 0. The molecular weight excluding hydrogens is 160 g/mol. The summed E-state index contributed by atoms with van der Waals surface area (Å²) in [5, 5.41) is 0. The summed E-state index contributed by atoms with van der Waals surface area (Å²) < 4.78 is 5.73. The number of rotatable bonds is 3. The van der Waals surface area contributed by atoms with E-state index in [0.717, 1.165) is 25.9 Å². The molecule has 74 valence electrons. The Morgan fingerprint density at radius 3 is 2.85 bits per heavy atom. The van der Waals surface area contributed by atoms with E-state index in [-0.39, 0.29) is 5.60 Å². The van der Waals surface area contributed by atoms with Crippen LogP contribution in [0.25, 0.3) is 0 Å². The third-order valence-corrected chi connectivity index (χ3v) is 2.38. The summed E-state index contributed by atoms with van der Waals surface area (Å²) in [7, 11) is 0. The minimum atomic E-state index is -0.00972. The van der Waals surface area contributed by atoms with Crippen molar-refractivity contribution in [2.75, 3.05) is 6.61 Å². The van der Waals surface area contributed by atoms with Gasteiger partial charge in [0.25, 0.3) is 0 Å². The molecule has 1 heteroatoms. The van der Waals surface area contributed by atoms with E-state index < -0.39 is 0 Å². The van der Waals surface area contributed by atoms with Gasteiger partial charge in [-0.25, -0.2) is 0 Å². The van der Waals surface area contributed by atoms with E-state index in [1.54, 1.807) is 0 Å². The van der Waals surface area contributed by atoms with Gasteiger partial charge in [0.2, 0.25) is 0 Å². The fourth-order valence-electron chi connectivity index (χ4n) is 1.54. The van der Waals surface area contributed by atoms with Crippen LogP contribution in [-0.2, 0) is 4.74 Å². The van der Waals surface area contributed by atoms with Crippen molar-refractivity contribution in [2.24, 2.45) is 0 Å². The molecule has 0 aliphatic carbocycles. The van der Waals surface area contributed by atoms with Crippen molar-refractivity contribution < 1.29 is 4.74 Å². The molecule has 13 heavy (non-hydrogen) atoms. The van der Waals surface area contributed by atoms with Crippen LogP contribution in [0.5, 0.6) is 0 Å². The van der Waals surface area contributed by atoms with Gasteiger partial charge in [-0.05, 0) is 40.0 Å². The van der Waals surface area contributed by atoms with Crippen LogP contribution in [0.2, 0.25) is 0 Å². The van der Waals surface area contributed by atoms with Crippen LogP contribution in [0.4, 0.5) is 0 Å². The first-order valence-corrected chi connectivity index (χ1v) is 5.07. The van der Waals surface area contributed by atoms with Gasteiger partial charge in [0.1, 0.15) is 0 Å². The Morgan fingerprint density at radius 1 is 1.54 bits per heavy atom. The Bertz CT molecular complexity index is 211. The first-order valence-electron chi connectivity index (χ1n) is 5.07. The molecule has 0 bridgehead atoms. The molecule has 1 unspecified atom stereocenters. The average Bonchev–Trinajstić information content (AvgIpc) is 2.04. The van der Waals surface area contributed by atoms with Gasteiger partial charge in [0.05, 0.1) is 12.2 Å². The highest BCUT2D eigenvalue weighted by atomic mass is 16.5. The molecule has 1 nitrogen and oxygen atoms in total. The first kappa shape index (κ1) is 10.5. The zero-order chi connectivity index (χ0) is 9.73. The monoisotopic (exact) mass is 180 g/mol. The van der Waals surface area contributed by atoms with Gasteiger partial charge in [-0.1, -0.05) is 23.8 Å². The van der Waals surface area contributed by atoms with Crippen molar-refractivity contribution >= 4 is 0 Å². The normalized spacial score (nSPS) is 27.3. The van der Waals surface area contributed by atoms with Crippen LogP contribution >= 0.6 is 0 Å². The highest BCUT2D eigenvalue weighted by Gasteiger charge is 2.22. The summed E-state index contributed by atoms with van der Waals surface area (Å²) in [5.74, 6) is 0. The highest BCUT2D eigenvalue weighted by Crippen LogP contribution is 2.23. The molecule has 0 saturated carbocycles. The fraction of sp³-hybridized carbons (Fsp3) is 0.667. The van der Waals surface area contributed by atoms with Crippen molar-refractivity contribution in [1.29, 1.82) is 0 Å². The first-order chi connectivity index (χ1) is 6.12. The summed E-state index contributed by atoms with van der Waals surface area (Å²) >= 11 is 0.